The van der Waals surface area contributed by atoms with Crippen LogP contribution in [0.3, 0.4) is 0 Å². The second-order valence-corrected chi connectivity index (χ2v) is 13.5. The lowest BCUT2D eigenvalue weighted by Crippen LogP contribution is -2.52. The van der Waals surface area contributed by atoms with Crippen LogP contribution in [0.5, 0.6) is 17.2 Å². The summed E-state index contributed by atoms with van der Waals surface area (Å²) in [5, 5.41) is 3.08. The third kappa shape index (κ3) is 8.49. The van der Waals surface area contributed by atoms with Crippen molar-refractivity contribution in [2.45, 2.75) is 63.1 Å². The average Bonchev–Trinajstić information content (AvgIpc) is 3.56. The van der Waals surface area contributed by atoms with Gasteiger partial charge in [0.2, 0.25) is 11.8 Å². The lowest BCUT2D eigenvalue weighted by atomic mass is 10.1. The molecule has 1 aliphatic rings. The fourth-order valence-corrected chi connectivity index (χ4v) is 6.96. The minimum atomic E-state index is -4.31. The van der Waals surface area contributed by atoms with Gasteiger partial charge in [-0.25, -0.2) is 8.42 Å². The number of hydrogen-bond donors (Lipinski definition) is 1. The van der Waals surface area contributed by atoms with E-state index in [1.54, 1.807) is 31.2 Å². The summed E-state index contributed by atoms with van der Waals surface area (Å²) in [6.45, 7) is 3.52. The van der Waals surface area contributed by atoms with Gasteiger partial charge < -0.3 is 24.4 Å². The Balaban J connectivity index is 1.72. The number of carbonyl (C=O) groups is 2. The predicted molar refractivity (Wildman–Crippen MR) is 176 cm³/mol. The fraction of sp³-hybridized carbons (Fsp3) is 0.394. The Bertz CT molecular complexity index is 1560. The minimum absolute atomic E-state index is 0.0652. The van der Waals surface area contributed by atoms with Crippen LogP contribution in [0, 0.1) is 0 Å². The molecule has 2 amide bonds. The van der Waals surface area contributed by atoms with E-state index in [1.165, 1.54) is 37.3 Å². The summed E-state index contributed by atoms with van der Waals surface area (Å²) in [7, 11) is -1.43. The van der Waals surface area contributed by atoms with Crippen LogP contribution in [0.4, 0.5) is 5.69 Å². The molecule has 0 saturated heterocycles. The van der Waals surface area contributed by atoms with Crippen molar-refractivity contribution >= 4 is 43.5 Å². The van der Waals surface area contributed by atoms with Crippen LogP contribution in [0.1, 0.15) is 45.1 Å². The second-order valence-electron chi connectivity index (χ2n) is 10.8. The van der Waals surface area contributed by atoms with Gasteiger partial charge in [0.15, 0.2) is 11.5 Å². The summed E-state index contributed by atoms with van der Waals surface area (Å²) >= 11 is 3.43. The number of anilines is 1. The molecule has 1 atom stereocenters. The Hall–Kier alpha value is -3.77. The SMILES string of the molecule is CCOc1ccc(N(CC(=O)N(Cc2ccc(Br)cc2)[C@@H](C)C(=O)NC2CCCC2)S(=O)(=O)c2ccc(OC)c(OC)c2)cc1. The average molecular weight is 703 g/mol. The molecular weight excluding hydrogens is 662 g/mol. The zero-order valence-electron chi connectivity index (χ0n) is 26.0. The van der Waals surface area contributed by atoms with Crippen molar-refractivity contribution in [3.8, 4) is 17.2 Å². The van der Waals surface area contributed by atoms with Gasteiger partial charge in [0.1, 0.15) is 18.3 Å². The largest absolute Gasteiger partial charge is 0.494 e. The van der Waals surface area contributed by atoms with E-state index in [9.17, 15) is 18.0 Å². The summed E-state index contributed by atoms with van der Waals surface area (Å²) in [5.41, 5.74) is 1.05. The third-order valence-corrected chi connectivity index (χ3v) is 10.1. The Morgan fingerprint density at radius 1 is 0.956 bits per heavy atom. The second kappa shape index (κ2) is 15.5. The van der Waals surface area contributed by atoms with Gasteiger partial charge in [-0.3, -0.25) is 13.9 Å². The van der Waals surface area contributed by atoms with Crippen molar-refractivity contribution in [1.82, 2.24) is 10.2 Å². The van der Waals surface area contributed by atoms with Crippen LogP contribution in [-0.2, 0) is 26.2 Å². The standard InChI is InChI=1S/C33H40BrN3O7S/c1-5-44-28-16-14-27(15-17-28)37(45(40,41)29-18-19-30(42-3)31(20-29)43-4)22-32(38)36(21-24-10-12-25(34)13-11-24)23(2)33(39)35-26-8-6-7-9-26/h10-20,23,26H,5-9,21-22H2,1-4H3,(H,35,39)/t23-/m0/s1. The van der Waals surface area contributed by atoms with Crippen molar-refractivity contribution < 1.29 is 32.2 Å². The van der Waals surface area contributed by atoms with E-state index in [-0.39, 0.29) is 34.8 Å². The number of nitrogens with one attached hydrogen (secondary N) is 1. The number of halogens is 1. The Labute approximate surface area is 273 Å². The molecule has 1 N–H and O–H groups in total. The van der Waals surface area contributed by atoms with Gasteiger partial charge in [-0.1, -0.05) is 40.9 Å². The monoisotopic (exact) mass is 701 g/mol. The van der Waals surface area contributed by atoms with Gasteiger partial charge >= 0.3 is 0 Å². The van der Waals surface area contributed by atoms with Crippen molar-refractivity contribution in [2.24, 2.45) is 0 Å². The molecule has 242 valence electrons. The predicted octanol–water partition coefficient (Wildman–Crippen LogP) is 5.54. The van der Waals surface area contributed by atoms with Crippen molar-refractivity contribution in [3.05, 3.63) is 76.8 Å². The Morgan fingerprint density at radius 2 is 1.60 bits per heavy atom. The van der Waals surface area contributed by atoms with Gasteiger partial charge in [0.25, 0.3) is 10.0 Å². The summed E-state index contributed by atoms with van der Waals surface area (Å²) in [6.07, 6.45) is 3.89. The quantitative estimate of drug-likeness (QED) is 0.235. The summed E-state index contributed by atoms with van der Waals surface area (Å²) in [4.78, 5) is 29.0. The first-order valence-corrected chi connectivity index (χ1v) is 17.1. The maximum Gasteiger partial charge on any atom is 0.264 e. The Morgan fingerprint density at radius 3 is 2.20 bits per heavy atom. The van der Waals surface area contributed by atoms with Crippen LogP contribution < -0.4 is 23.8 Å². The first-order chi connectivity index (χ1) is 21.6. The number of hydrogen-bond acceptors (Lipinski definition) is 7. The van der Waals surface area contributed by atoms with Gasteiger partial charge in [-0.2, -0.15) is 0 Å². The van der Waals surface area contributed by atoms with Crippen molar-refractivity contribution in [1.29, 1.82) is 0 Å². The third-order valence-electron chi connectivity index (χ3n) is 7.79. The van der Waals surface area contributed by atoms with Crippen LogP contribution in [0.25, 0.3) is 0 Å². The smallest absolute Gasteiger partial charge is 0.264 e. The normalized spacial score (nSPS) is 14.0. The molecule has 1 saturated carbocycles. The molecule has 0 heterocycles. The number of benzene rings is 3. The van der Waals surface area contributed by atoms with Gasteiger partial charge in [-0.05, 0) is 80.8 Å². The molecular formula is C33H40BrN3O7S. The number of carbonyl (C=O) groups excluding carboxylic acids is 2. The highest BCUT2D eigenvalue weighted by molar-refractivity contribution is 9.10. The number of nitrogens with zero attached hydrogens (tertiary/aromatic N) is 2. The molecule has 0 aliphatic heterocycles. The highest BCUT2D eigenvalue weighted by Gasteiger charge is 2.34. The molecule has 0 spiro atoms. The molecule has 1 aliphatic carbocycles. The van der Waals surface area contributed by atoms with E-state index in [0.717, 1.165) is 40.0 Å². The Kier molecular flexibility index (Phi) is 11.7. The molecule has 0 aromatic heterocycles. The summed E-state index contributed by atoms with van der Waals surface area (Å²) in [5.74, 6) is 0.339. The topological polar surface area (TPSA) is 114 Å². The molecule has 4 rings (SSSR count). The molecule has 0 radical (unpaired) electrons. The number of methoxy groups -OCH3 is 2. The zero-order chi connectivity index (χ0) is 32.6. The molecule has 3 aromatic rings. The van der Waals surface area contributed by atoms with Crippen LogP contribution in [-0.4, -0.2) is 64.6 Å². The van der Waals surface area contributed by atoms with E-state index in [1.807, 2.05) is 31.2 Å². The molecule has 12 heteroatoms. The highest BCUT2D eigenvalue weighted by Crippen LogP contribution is 2.33. The van der Waals surface area contributed by atoms with E-state index in [2.05, 4.69) is 21.2 Å². The van der Waals surface area contributed by atoms with Crippen LogP contribution >= 0.6 is 15.9 Å². The zero-order valence-corrected chi connectivity index (χ0v) is 28.4. The first kappa shape index (κ1) is 34.1. The van der Waals surface area contributed by atoms with Crippen LogP contribution in [0.15, 0.2) is 76.1 Å². The van der Waals surface area contributed by atoms with E-state index < -0.39 is 28.5 Å². The number of rotatable bonds is 14. The van der Waals surface area contributed by atoms with Gasteiger partial charge in [-0.15, -0.1) is 0 Å². The highest BCUT2D eigenvalue weighted by atomic mass is 79.9. The maximum atomic E-state index is 14.2. The minimum Gasteiger partial charge on any atom is -0.494 e. The maximum absolute atomic E-state index is 14.2. The number of sulfonamides is 1. The van der Waals surface area contributed by atoms with Crippen LogP contribution in [0.2, 0.25) is 0 Å². The molecule has 0 bridgehead atoms. The van der Waals surface area contributed by atoms with Crippen molar-refractivity contribution in [2.75, 3.05) is 31.7 Å². The summed E-state index contributed by atoms with van der Waals surface area (Å²) < 4.78 is 46.6. The lowest BCUT2D eigenvalue weighted by Gasteiger charge is -2.32. The molecule has 0 unspecified atom stereocenters. The molecule has 3 aromatic carbocycles. The number of amides is 2. The molecule has 1 fully saturated rings. The number of ether oxygens (including phenoxy) is 3. The molecule has 10 nitrogen and oxygen atoms in total. The fourth-order valence-electron chi connectivity index (χ4n) is 5.27. The first-order valence-electron chi connectivity index (χ1n) is 14.9. The molecule has 45 heavy (non-hydrogen) atoms. The van der Waals surface area contributed by atoms with E-state index in [4.69, 9.17) is 14.2 Å². The van der Waals surface area contributed by atoms with Gasteiger partial charge in [0, 0.05) is 23.1 Å². The van der Waals surface area contributed by atoms with Gasteiger partial charge in [0.05, 0.1) is 31.4 Å². The lowest BCUT2D eigenvalue weighted by molar-refractivity contribution is -0.139. The van der Waals surface area contributed by atoms with E-state index >= 15 is 0 Å². The summed E-state index contributed by atoms with van der Waals surface area (Å²) in [6, 6.07) is 17.4. The van der Waals surface area contributed by atoms with Crippen molar-refractivity contribution in [3.63, 3.8) is 0 Å². The van der Waals surface area contributed by atoms with E-state index in [0.29, 0.717) is 18.1 Å².